The predicted octanol–water partition coefficient (Wildman–Crippen LogP) is 4.06. The second kappa shape index (κ2) is 9.77. The molecular weight excluding hydrogens is 390 g/mol. The van der Waals surface area contributed by atoms with Crippen molar-refractivity contribution in [3.05, 3.63) is 71.8 Å². The van der Waals surface area contributed by atoms with Crippen molar-refractivity contribution >= 4 is 17.8 Å². The molecule has 0 saturated carbocycles. The molecule has 1 aliphatic heterocycles. The smallest absolute Gasteiger partial charge is 0.325 e. The predicted molar refractivity (Wildman–Crippen MR) is 120 cm³/mol. The second-order valence-corrected chi connectivity index (χ2v) is 8.30. The molecule has 1 N–H and O–H groups in total. The highest BCUT2D eigenvalue weighted by Gasteiger charge is 2.52. The fourth-order valence-electron chi connectivity index (χ4n) is 4.01. The molecule has 6 heteroatoms. The van der Waals surface area contributed by atoms with Crippen LogP contribution in [0.5, 0.6) is 0 Å². The lowest BCUT2D eigenvalue weighted by Gasteiger charge is -2.29. The fourth-order valence-corrected chi connectivity index (χ4v) is 4.01. The Kier molecular flexibility index (Phi) is 7.10. The zero-order valence-electron chi connectivity index (χ0n) is 18.5. The molecule has 0 aliphatic carbocycles. The Morgan fingerprint density at radius 1 is 1.03 bits per heavy atom. The lowest BCUT2D eigenvalue weighted by molar-refractivity contribution is -0.140. The Morgan fingerprint density at radius 3 is 2.23 bits per heavy atom. The van der Waals surface area contributed by atoms with E-state index in [1.807, 2.05) is 81.4 Å². The van der Waals surface area contributed by atoms with Crippen LogP contribution < -0.4 is 5.32 Å². The topological polar surface area (TPSA) is 69.7 Å². The average Bonchev–Trinajstić information content (AvgIpc) is 3.02. The highest BCUT2D eigenvalue weighted by atomic mass is 16.2. The van der Waals surface area contributed by atoms with Crippen molar-refractivity contribution in [3.8, 4) is 0 Å². The van der Waals surface area contributed by atoms with Crippen molar-refractivity contribution in [1.29, 1.82) is 0 Å². The maximum Gasteiger partial charge on any atom is 0.325 e. The normalized spacial score (nSPS) is 18.4. The first-order valence-corrected chi connectivity index (χ1v) is 10.9. The Balaban J connectivity index is 1.82. The summed E-state index contributed by atoms with van der Waals surface area (Å²) in [5.74, 6) is -0.601. The molecular formula is C25H31N3O3. The lowest BCUT2D eigenvalue weighted by atomic mass is 9.85. The maximum atomic E-state index is 13.5. The molecule has 2 aromatic carbocycles. The van der Waals surface area contributed by atoms with E-state index in [9.17, 15) is 14.4 Å². The Morgan fingerprint density at radius 2 is 1.65 bits per heavy atom. The van der Waals surface area contributed by atoms with E-state index < -0.39 is 11.6 Å². The van der Waals surface area contributed by atoms with Crippen LogP contribution in [-0.2, 0) is 21.7 Å². The SMILES string of the molecule is CCCCC1(c2ccccc2)NC(=O)N(CC(=O)N(Cc2ccccc2)C(C)C)C1=O. The fraction of sp³-hybridized carbons (Fsp3) is 0.400. The van der Waals surface area contributed by atoms with E-state index >= 15 is 0 Å². The first kappa shape index (κ1) is 22.5. The largest absolute Gasteiger partial charge is 0.334 e. The van der Waals surface area contributed by atoms with Gasteiger partial charge in [-0.15, -0.1) is 0 Å². The van der Waals surface area contributed by atoms with Gasteiger partial charge in [-0.3, -0.25) is 14.5 Å². The van der Waals surface area contributed by atoms with Crippen molar-refractivity contribution in [2.75, 3.05) is 6.54 Å². The van der Waals surface area contributed by atoms with Gasteiger partial charge in [-0.05, 0) is 31.4 Å². The molecule has 1 heterocycles. The van der Waals surface area contributed by atoms with Gasteiger partial charge in [-0.25, -0.2) is 4.79 Å². The number of hydrogen-bond acceptors (Lipinski definition) is 3. The minimum Gasteiger partial charge on any atom is -0.334 e. The van der Waals surface area contributed by atoms with E-state index in [1.165, 1.54) is 0 Å². The minimum absolute atomic E-state index is 0.0626. The van der Waals surface area contributed by atoms with Gasteiger partial charge in [0.25, 0.3) is 5.91 Å². The Hall–Kier alpha value is -3.15. The van der Waals surface area contributed by atoms with Crippen LogP contribution in [0, 0.1) is 0 Å². The monoisotopic (exact) mass is 421 g/mol. The van der Waals surface area contributed by atoms with Crippen molar-refractivity contribution in [3.63, 3.8) is 0 Å². The van der Waals surface area contributed by atoms with Crippen LogP contribution in [0.25, 0.3) is 0 Å². The highest BCUT2D eigenvalue weighted by Crippen LogP contribution is 2.34. The van der Waals surface area contributed by atoms with Crippen LogP contribution in [0.1, 0.15) is 51.2 Å². The Bertz CT molecular complexity index is 914. The molecule has 0 aromatic heterocycles. The summed E-state index contributed by atoms with van der Waals surface area (Å²) >= 11 is 0. The summed E-state index contributed by atoms with van der Waals surface area (Å²) in [5, 5.41) is 2.91. The molecule has 1 fully saturated rings. The number of nitrogens with one attached hydrogen (secondary N) is 1. The summed E-state index contributed by atoms with van der Waals surface area (Å²) in [6, 6.07) is 18.4. The number of urea groups is 1. The van der Waals surface area contributed by atoms with Gasteiger partial charge in [-0.2, -0.15) is 0 Å². The summed E-state index contributed by atoms with van der Waals surface area (Å²) in [4.78, 5) is 42.3. The highest BCUT2D eigenvalue weighted by molar-refractivity contribution is 6.09. The van der Waals surface area contributed by atoms with Crippen LogP contribution in [0.2, 0.25) is 0 Å². The third kappa shape index (κ3) is 4.79. The second-order valence-electron chi connectivity index (χ2n) is 8.30. The number of carbonyl (C=O) groups is 3. The molecule has 6 nitrogen and oxygen atoms in total. The molecule has 1 unspecified atom stereocenters. The molecule has 3 rings (SSSR count). The standard InChI is InChI=1S/C25H31N3O3/c1-4-5-16-25(21-14-10-7-11-15-21)23(30)28(24(31)26-25)18-22(29)27(19(2)3)17-20-12-8-6-9-13-20/h6-15,19H,4-5,16-18H2,1-3H3,(H,26,31). The maximum absolute atomic E-state index is 13.5. The summed E-state index contributed by atoms with van der Waals surface area (Å²) in [7, 11) is 0. The number of amides is 4. The van der Waals surface area contributed by atoms with E-state index in [-0.39, 0.29) is 24.4 Å². The average molecular weight is 422 g/mol. The van der Waals surface area contributed by atoms with Crippen LogP contribution in [0.15, 0.2) is 60.7 Å². The zero-order valence-corrected chi connectivity index (χ0v) is 18.5. The molecule has 1 atom stereocenters. The van der Waals surface area contributed by atoms with Gasteiger partial charge in [-0.1, -0.05) is 80.4 Å². The number of nitrogens with zero attached hydrogens (tertiary/aromatic N) is 2. The van der Waals surface area contributed by atoms with E-state index in [2.05, 4.69) is 5.32 Å². The van der Waals surface area contributed by atoms with E-state index in [4.69, 9.17) is 0 Å². The summed E-state index contributed by atoms with van der Waals surface area (Å²) in [5.41, 5.74) is 0.640. The van der Waals surface area contributed by atoms with Gasteiger partial charge >= 0.3 is 6.03 Å². The van der Waals surface area contributed by atoms with Gasteiger partial charge in [0.2, 0.25) is 5.91 Å². The van der Waals surface area contributed by atoms with Gasteiger partial charge in [0, 0.05) is 12.6 Å². The third-order valence-electron chi connectivity index (χ3n) is 5.78. The van der Waals surface area contributed by atoms with Gasteiger partial charge in [0.1, 0.15) is 12.1 Å². The number of carbonyl (C=O) groups excluding carboxylic acids is 3. The molecule has 1 saturated heterocycles. The first-order chi connectivity index (χ1) is 14.9. The van der Waals surface area contributed by atoms with Gasteiger partial charge in [0.05, 0.1) is 0 Å². The number of benzene rings is 2. The van der Waals surface area contributed by atoms with Gasteiger partial charge in [0.15, 0.2) is 0 Å². The summed E-state index contributed by atoms with van der Waals surface area (Å²) in [6.45, 7) is 6.08. The molecule has 0 spiro atoms. The van der Waals surface area contributed by atoms with E-state index in [1.54, 1.807) is 4.90 Å². The quantitative estimate of drug-likeness (QED) is 0.621. The van der Waals surface area contributed by atoms with Crippen molar-refractivity contribution < 1.29 is 14.4 Å². The van der Waals surface area contributed by atoms with Gasteiger partial charge < -0.3 is 10.2 Å². The molecule has 164 valence electrons. The van der Waals surface area contributed by atoms with E-state index in [0.29, 0.717) is 13.0 Å². The number of hydrogen-bond donors (Lipinski definition) is 1. The molecule has 0 bridgehead atoms. The third-order valence-corrected chi connectivity index (χ3v) is 5.78. The number of imide groups is 1. The molecule has 4 amide bonds. The molecule has 1 aliphatic rings. The van der Waals surface area contributed by atoms with Crippen LogP contribution in [0.3, 0.4) is 0 Å². The van der Waals surface area contributed by atoms with Crippen molar-refractivity contribution in [1.82, 2.24) is 15.1 Å². The van der Waals surface area contributed by atoms with Crippen LogP contribution in [-0.4, -0.2) is 40.2 Å². The number of unbranched alkanes of at least 4 members (excludes halogenated alkanes) is 1. The van der Waals surface area contributed by atoms with Crippen LogP contribution >= 0.6 is 0 Å². The molecule has 31 heavy (non-hydrogen) atoms. The number of rotatable bonds is 9. The van der Waals surface area contributed by atoms with Crippen molar-refractivity contribution in [2.45, 2.75) is 58.2 Å². The zero-order chi connectivity index (χ0) is 22.4. The molecule has 0 radical (unpaired) electrons. The van der Waals surface area contributed by atoms with Crippen LogP contribution in [0.4, 0.5) is 4.79 Å². The first-order valence-electron chi connectivity index (χ1n) is 10.9. The Labute approximate surface area is 184 Å². The summed E-state index contributed by atoms with van der Waals surface area (Å²) < 4.78 is 0. The van der Waals surface area contributed by atoms with E-state index in [0.717, 1.165) is 28.9 Å². The lowest BCUT2D eigenvalue weighted by Crippen LogP contribution is -2.47. The minimum atomic E-state index is -1.11. The summed E-state index contributed by atoms with van der Waals surface area (Å²) in [6.07, 6.45) is 2.18. The van der Waals surface area contributed by atoms with Crippen molar-refractivity contribution in [2.24, 2.45) is 0 Å². The molecule has 2 aromatic rings.